The molecule has 0 bridgehead atoms. The zero-order valence-electron chi connectivity index (χ0n) is 12.1. The van der Waals surface area contributed by atoms with Crippen LogP contribution in [-0.4, -0.2) is 28.6 Å². The predicted molar refractivity (Wildman–Crippen MR) is 84.0 cm³/mol. The Hall–Kier alpha value is -2.18. The first-order valence-electron chi connectivity index (χ1n) is 6.72. The number of nitrogens with one attached hydrogen (secondary N) is 1. The van der Waals surface area contributed by atoms with Crippen molar-refractivity contribution in [2.24, 2.45) is 0 Å². The van der Waals surface area contributed by atoms with E-state index in [1.807, 2.05) is 16.8 Å². The highest BCUT2D eigenvalue weighted by Gasteiger charge is 2.24. The van der Waals surface area contributed by atoms with Gasteiger partial charge in [0.25, 0.3) is 0 Å². The van der Waals surface area contributed by atoms with Crippen molar-refractivity contribution in [1.29, 1.82) is 0 Å². The fraction of sp³-hybridized carbons (Fsp3) is 0.250. The fourth-order valence-electron chi connectivity index (χ4n) is 1.96. The zero-order valence-corrected chi connectivity index (χ0v) is 12.9. The van der Waals surface area contributed by atoms with E-state index in [1.165, 1.54) is 23.5 Å². The molecular formula is C16H17NO4S. The quantitative estimate of drug-likeness (QED) is 0.760. The van der Waals surface area contributed by atoms with Gasteiger partial charge in [0.05, 0.1) is 18.5 Å². The Balaban J connectivity index is 1.89. The van der Waals surface area contributed by atoms with E-state index in [0.717, 1.165) is 11.1 Å². The summed E-state index contributed by atoms with van der Waals surface area (Å²) < 4.78 is 0. The molecule has 1 aromatic heterocycles. The minimum atomic E-state index is -1.11. The van der Waals surface area contributed by atoms with Crippen LogP contribution in [0.1, 0.15) is 28.4 Å². The molecule has 0 aliphatic carbocycles. The standard InChI is InChI=1S/C16H17NO4S/c1-16(21,13-6-7-22-9-13)10-17-14(18)8-11-2-4-12(5-3-11)15(19)20/h2-7,9,21H,8,10H2,1H3,(H,17,18)(H,19,20). The van der Waals surface area contributed by atoms with Crippen molar-refractivity contribution in [2.45, 2.75) is 18.9 Å². The van der Waals surface area contributed by atoms with E-state index < -0.39 is 11.6 Å². The third kappa shape index (κ3) is 4.16. The van der Waals surface area contributed by atoms with E-state index >= 15 is 0 Å². The maximum Gasteiger partial charge on any atom is 0.335 e. The normalized spacial score (nSPS) is 13.4. The Morgan fingerprint density at radius 2 is 1.91 bits per heavy atom. The third-order valence-corrected chi connectivity index (χ3v) is 4.02. The van der Waals surface area contributed by atoms with Crippen molar-refractivity contribution < 1.29 is 19.8 Å². The van der Waals surface area contributed by atoms with Gasteiger partial charge in [0.2, 0.25) is 5.91 Å². The second-order valence-corrected chi connectivity index (χ2v) is 6.02. The zero-order chi connectivity index (χ0) is 16.2. The molecule has 0 fully saturated rings. The number of carboxylic acids is 1. The number of carbonyl (C=O) groups excluding carboxylic acids is 1. The monoisotopic (exact) mass is 319 g/mol. The number of hydrogen-bond acceptors (Lipinski definition) is 4. The van der Waals surface area contributed by atoms with Crippen LogP contribution in [0.25, 0.3) is 0 Å². The summed E-state index contributed by atoms with van der Waals surface area (Å²) in [5.74, 6) is -1.22. The van der Waals surface area contributed by atoms with Crippen LogP contribution in [0.4, 0.5) is 0 Å². The highest BCUT2D eigenvalue weighted by molar-refractivity contribution is 7.08. The number of hydrogen-bond donors (Lipinski definition) is 3. The molecule has 22 heavy (non-hydrogen) atoms. The first-order chi connectivity index (χ1) is 10.4. The SMILES string of the molecule is CC(O)(CNC(=O)Cc1ccc(C(=O)O)cc1)c1ccsc1. The summed E-state index contributed by atoms with van der Waals surface area (Å²) in [6.45, 7) is 1.77. The van der Waals surface area contributed by atoms with Gasteiger partial charge in [-0.3, -0.25) is 4.79 Å². The molecule has 0 radical (unpaired) electrons. The second kappa shape index (κ2) is 6.72. The maximum atomic E-state index is 11.9. The summed E-state index contributed by atoms with van der Waals surface area (Å²) in [5, 5.41) is 25.5. The average molecular weight is 319 g/mol. The van der Waals surface area contributed by atoms with Crippen LogP contribution in [0.15, 0.2) is 41.1 Å². The second-order valence-electron chi connectivity index (χ2n) is 5.24. The Bertz CT molecular complexity index is 647. The van der Waals surface area contributed by atoms with Gasteiger partial charge in [-0.25, -0.2) is 4.79 Å². The molecule has 1 atom stereocenters. The van der Waals surface area contributed by atoms with Crippen LogP contribution in [0, 0.1) is 0 Å². The van der Waals surface area contributed by atoms with Crippen molar-refractivity contribution in [3.8, 4) is 0 Å². The lowest BCUT2D eigenvalue weighted by atomic mass is 9.99. The van der Waals surface area contributed by atoms with Crippen LogP contribution in [-0.2, 0) is 16.8 Å². The van der Waals surface area contributed by atoms with Gasteiger partial charge in [-0.05, 0) is 47.0 Å². The molecule has 0 spiro atoms. The molecule has 1 aromatic carbocycles. The van der Waals surface area contributed by atoms with E-state index in [1.54, 1.807) is 19.1 Å². The molecule has 2 aromatic rings. The van der Waals surface area contributed by atoms with Gasteiger partial charge in [0.1, 0.15) is 5.60 Å². The van der Waals surface area contributed by atoms with Crippen LogP contribution in [0.5, 0.6) is 0 Å². The lowest BCUT2D eigenvalue weighted by molar-refractivity contribution is -0.121. The molecule has 0 saturated heterocycles. The van der Waals surface area contributed by atoms with Crippen molar-refractivity contribution in [1.82, 2.24) is 5.32 Å². The number of aliphatic hydroxyl groups is 1. The van der Waals surface area contributed by atoms with Gasteiger partial charge in [-0.2, -0.15) is 11.3 Å². The number of benzene rings is 1. The van der Waals surface area contributed by atoms with Crippen LogP contribution in [0.3, 0.4) is 0 Å². The highest BCUT2D eigenvalue weighted by Crippen LogP contribution is 2.22. The van der Waals surface area contributed by atoms with Gasteiger partial charge in [-0.1, -0.05) is 12.1 Å². The van der Waals surface area contributed by atoms with Crippen LogP contribution < -0.4 is 5.32 Å². The molecule has 116 valence electrons. The summed E-state index contributed by atoms with van der Waals surface area (Å²) in [6.07, 6.45) is 0.139. The number of rotatable bonds is 6. The Morgan fingerprint density at radius 1 is 1.23 bits per heavy atom. The van der Waals surface area contributed by atoms with Crippen LogP contribution >= 0.6 is 11.3 Å². The number of amides is 1. The molecular weight excluding hydrogens is 302 g/mol. The largest absolute Gasteiger partial charge is 0.478 e. The van der Waals surface area contributed by atoms with E-state index in [-0.39, 0.29) is 24.4 Å². The minimum Gasteiger partial charge on any atom is -0.478 e. The van der Waals surface area contributed by atoms with E-state index in [0.29, 0.717) is 0 Å². The number of carboxylic acid groups (broad SMARTS) is 1. The Kier molecular flexibility index (Phi) is 4.95. The first kappa shape index (κ1) is 16.2. The molecule has 0 aliphatic rings. The summed E-state index contributed by atoms with van der Waals surface area (Å²) in [5.41, 5.74) is 0.564. The number of carbonyl (C=O) groups is 2. The van der Waals surface area contributed by atoms with E-state index in [4.69, 9.17) is 5.11 Å². The highest BCUT2D eigenvalue weighted by atomic mass is 32.1. The number of aromatic carboxylic acids is 1. The predicted octanol–water partition coefficient (Wildman–Crippen LogP) is 2.01. The average Bonchev–Trinajstić information content (AvgIpc) is 3.01. The first-order valence-corrected chi connectivity index (χ1v) is 7.67. The Labute approximate surface area is 132 Å². The molecule has 0 aliphatic heterocycles. The van der Waals surface area contributed by atoms with E-state index in [2.05, 4.69) is 5.32 Å². The molecule has 1 heterocycles. The summed E-state index contributed by atoms with van der Waals surface area (Å²) >= 11 is 1.49. The van der Waals surface area contributed by atoms with Crippen LogP contribution in [0.2, 0.25) is 0 Å². The lowest BCUT2D eigenvalue weighted by Gasteiger charge is -2.22. The van der Waals surface area contributed by atoms with Crippen molar-refractivity contribution >= 4 is 23.2 Å². The molecule has 0 saturated carbocycles. The maximum absolute atomic E-state index is 11.9. The summed E-state index contributed by atoms with van der Waals surface area (Å²) in [4.78, 5) is 22.7. The van der Waals surface area contributed by atoms with Crippen molar-refractivity contribution in [3.05, 3.63) is 57.8 Å². The molecule has 2 rings (SSSR count). The van der Waals surface area contributed by atoms with E-state index in [9.17, 15) is 14.7 Å². The smallest absolute Gasteiger partial charge is 0.335 e. The van der Waals surface area contributed by atoms with Gasteiger partial charge in [-0.15, -0.1) is 0 Å². The molecule has 5 nitrogen and oxygen atoms in total. The molecule has 3 N–H and O–H groups in total. The summed E-state index contributed by atoms with van der Waals surface area (Å²) in [6, 6.07) is 7.97. The lowest BCUT2D eigenvalue weighted by Crippen LogP contribution is -2.39. The van der Waals surface area contributed by atoms with Gasteiger partial charge in [0.15, 0.2) is 0 Å². The third-order valence-electron chi connectivity index (χ3n) is 3.34. The molecule has 6 heteroatoms. The van der Waals surface area contributed by atoms with Gasteiger partial charge >= 0.3 is 5.97 Å². The summed E-state index contributed by atoms with van der Waals surface area (Å²) in [7, 11) is 0. The molecule has 1 unspecified atom stereocenters. The van der Waals surface area contributed by atoms with Gasteiger partial charge < -0.3 is 15.5 Å². The topological polar surface area (TPSA) is 86.6 Å². The minimum absolute atomic E-state index is 0.121. The van der Waals surface area contributed by atoms with Crippen molar-refractivity contribution in [3.63, 3.8) is 0 Å². The fourth-order valence-corrected chi connectivity index (χ4v) is 2.74. The van der Waals surface area contributed by atoms with Gasteiger partial charge in [0, 0.05) is 0 Å². The molecule has 1 amide bonds. The Morgan fingerprint density at radius 3 is 2.45 bits per heavy atom. The number of thiophene rings is 1. The van der Waals surface area contributed by atoms with Crippen molar-refractivity contribution in [2.75, 3.05) is 6.54 Å².